The van der Waals surface area contributed by atoms with Crippen LogP contribution in [-0.4, -0.2) is 25.7 Å². The van der Waals surface area contributed by atoms with Gasteiger partial charge in [0.2, 0.25) is 5.91 Å². The minimum atomic E-state index is -0.509. The lowest BCUT2D eigenvalue weighted by Gasteiger charge is -2.18. The molecule has 5 nitrogen and oxygen atoms in total. The van der Waals surface area contributed by atoms with E-state index >= 15 is 0 Å². The number of furan rings is 1. The molecule has 1 aromatic heterocycles. The van der Waals surface area contributed by atoms with Crippen molar-refractivity contribution in [1.82, 2.24) is 5.32 Å². The van der Waals surface area contributed by atoms with Crippen LogP contribution < -0.4 is 11.1 Å². The first kappa shape index (κ1) is 12.7. The Bertz CT molecular complexity index is 349. The number of hydrogen-bond acceptors (Lipinski definition) is 4. The Morgan fingerprint density at radius 3 is 2.75 bits per heavy atom. The Morgan fingerprint density at radius 1 is 1.62 bits per heavy atom. The van der Waals surface area contributed by atoms with Gasteiger partial charge in [0.25, 0.3) is 0 Å². The van der Waals surface area contributed by atoms with Crippen LogP contribution in [0.1, 0.15) is 24.5 Å². The molecule has 0 aliphatic heterocycles. The number of ether oxygens (including phenoxy) is 1. The molecule has 1 heterocycles. The number of nitrogens with two attached hydrogens (primary N) is 1. The molecule has 1 rings (SSSR count). The average molecular weight is 226 g/mol. The number of rotatable bonds is 6. The van der Waals surface area contributed by atoms with Gasteiger partial charge in [-0.2, -0.15) is 0 Å². The second-order valence-electron chi connectivity index (χ2n) is 3.75. The number of amides is 1. The van der Waals surface area contributed by atoms with E-state index in [0.29, 0.717) is 0 Å². The van der Waals surface area contributed by atoms with Gasteiger partial charge in [0.1, 0.15) is 17.6 Å². The van der Waals surface area contributed by atoms with Crippen molar-refractivity contribution < 1.29 is 13.9 Å². The van der Waals surface area contributed by atoms with Gasteiger partial charge < -0.3 is 14.9 Å². The molecule has 0 aromatic carbocycles. The second-order valence-corrected chi connectivity index (χ2v) is 3.75. The van der Waals surface area contributed by atoms with Crippen molar-refractivity contribution >= 4 is 5.91 Å². The molecule has 2 unspecified atom stereocenters. The summed E-state index contributed by atoms with van der Waals surface area (Å²) >= 11 is 0. The van der Waals surface area contributed by atoms with Crippen LogP contribution in [0.4, 0.5) is 0 Å². The number of aryl methyl sites for hydroxylation is 1. The monoisotopic (exact) mass is 226 g/mol. The van der Waals surface area contributed by atoms with Crippen molar-refractivity contribution in [2.24, 2.45) is 5.73 Å². The largest absolute Gasteiger partial charge is 0.465 e. The van der Waals surface area contributed by atoms with Crippen LogP contribution in [0.5, 0.6) is 0 Å². The van der Waals surface area contributed by atoms with Crippen LogP contribution in [-0.2, 0) is 9.53 Å². The summed E-state index contributed by atoms with van der Waals surface area (Å²) in [7, 11) is 1.53. The van der Waals surface area contributed by atoms with E-state index in [0.717, 1.165) is 11.5 Å². The van der Waals surface area contributed by atoms with Gasteiger partial charge in [0.05, 0.1) is 12.6 Å². The first-order chi connectivity index (χ1) is 7.54. The zero-order chi connectivity index (χ0) is 12.1. The molecule has 0 aliphatic rings. The van der Waals surface area contributed by atoms with E-state index in [1.165, 1.54) is 7.11 Å². The third-order valence-electron chi connectivity index (χ3n) is 2.32. The third kappa shape index (κ3) is 3.36. The lowest BCUT2D eigenvalue weighted by atomic mass is 10.2. The van der Waals surface area contributed by atoms with Crippen LogP contribution in [0, 0.1) is 6.92 Å². The van der Waals surface area contributed by atoms with Gasteiger partial charge in [-0.1, -0.05) is 0 Å². The van der Waals surface area contributed by atoms with E-state index in [1.54, 1.807) is 0 Å². The fraction of sp³-hybridized carbons (Fsp3) is 0.545. The Hall–Kier alpha value is -1.33. The molecule has 3 N–H and O–H groups in total. The van der Waals surface area contributed by atoms with Gasteiger partial charge in [-0.25, -0.2) is 0 Å². The van der Waals surface area contributed by atoms with E-state index in [9.17, 15) is 4.79 Å². The number of nitrogens with one attached hydrogen (secondary N) is 1. The van der Waals surface area contributed by atoms with Crippen LogP contribution in [0.2, 0.25) is 0 Å². The highest BCUT2D eigenvalue weighted by molar-refractivity contribution is 5.80. The normalized spacial score (nSPS) is 14.7. The summed E-state index contributed by atoms with van der Waals surface area (Å²) < 4.78 is 10.4. The van der Waals surface area contributed by atoms with E-state index in [4.69, 9.17) is 14.9 Å². The molecule has 0 spiro atoms. The Balaban J connectivity index is 2.61. The van der Waals surface area contributed by atoms with Gasteiger partial charge in [-0.15, -0.1) is 0 Å². The van der Waals surface area contributed by atoms with Crippen molar-refractivity contribution in [3.63, 3.8) is 0 Å². The lowest BCUT2D eigenvalue weighted by Crippen LogP contribution is -2.45. The highest BCUT2D eigenvalue weighted by Crippen LogP contribution is 2.15. The summed E-state index contributed by atoms with van der Waals surface area (Å²) in [6.07, 6.45) is 0. The highest BCUT2D eigenvalue weighted by Gasteiger charge is 2.19. The molecule has 0 saturated heterocycles. The molecule has 0 bridgehead atoms. The topological polar surface area (TPSA) is 77.5 Å². The summed E-state index contributed by atoms with van der Waals surface area (Å²) in [6.45, 7) is 4.03. The van der Waals surface area contributed by atoms with E-state index in [-0.39, 0.29) is 12.6 Å². The minimum absolute atomic E-state index is 0.0821. The standard InChI is InChI=1S/C11H18N2O3/c1-7-4-5-10(16-7)8(2)13-9(6-15-3)11(12)14/h4-5,8-9,13H,6H2,1-3H3,(H2,12,14). The second kappa shape index (κ2) is 5.67. The fourth-order valence-corrected chi connectivity index (χ4v) is 1.45. The van der Waals surface area contributed by atoms with Crippen LogP contribution in [0.3, 0.4) is 0 Å². The molecule has 2 atom stereocenters. The fourth-order valence-electron chi connectivity index (χ4n) is 1.45. The summed E-state index contributed by atoms with van der Waals surface area (Å²) in [5, 5.41) is 3.05. The predicted molar refractivity (Wildman–Crippen MR) is 59.9 cm³/mol. The van der Waals surface area contributed by atoms with Crippen molar-refractivity contribution in [3.8, 4) is 0 Å². The minimum Gasteiger partial charge on any atom is -0.465 e. The predicted octanol–water partition coefficient (Wildman–Crippen LogP) is 0.739. The molecule has 90 valence electrons. The van der Waals surface area contributed by atoms with E-state index in [1.807, 2.05) is 26.0 Å². The van der Waals surface area contributed by atoms with Gasteiger partial charge in [0, 0.05) is 7.11 Å². The molecular weight excluding hydrogens is 208 g/mol. The zero-order valence-electron chi connectivity index (χ0n) is 9.82. The zero-order valence-corrected chi connectivity index (χ0v) is 9.82. The van der Waals surface area contributed by atoms with Crippen LogP contribution >= 0.6 is 0 Å². The van der Waals surface area contributed by atoms with Crippen molar-refractivity contribution in [3.05, 3.63) is 23.7 Å². The van der Waals surface area contributed by atoms with E-state index < -0.39 is 11.9 Å². The number of carbonyl (C=O) groups is 1. The molecule has 16 heavy (non-hydrogen) atoms. The lowest BCUT2D eigenvalue weighted by molar-refractivity contribution is -0.121. The maximum atomic E-state index is 11.1. The number of methoxy groups -OCH3 is 1. The summed E-state index contributed by atoms with van der Waals surface area (Å²) in [5.74, 6) is 1.18. The average Bonchev–Trinajstić information content (AvgIpc) is 2.64. The van der Waals surface area contributed by atoms with Gasteiger partial charge in [-0.05, 0) is 26.0 Å². The van der Waals surface area contributed by atoms with Crippen molar-refractivity contribution in [2.75, 3.05) is 13.7 Å². The molecule has 1 aromatic rings. The number of hydrogen-bond donors (Lipinski definition) is 2. The molecule has 5 heteroatoms. The molecule has 0 radical (unpaired) electrons. The molecular formula is C11H18N2O3. The summed E-state index contributed by atoms with van der Waals surface area (Å²) in [6, 6.07) is 3.16. The molecule has 0 fully saturated rings. The van der Waals surface area contributed by atoms with Crippen molar-refractivity contribution in [2.45, 2.75) is 25.9 Å². The SMILES string of the molecule is COCC(NC(C)c1ccc(C)o1)C(N)=O. The van der Waals surface area contributed by atoms with E-state index in [2.05, 4.69) is 5.32 Å². The molecule has 0 aliphatic carbocycles. The smallest absolute Gasteiger partial charge is 0.236 e. The van der Waals surface area contributed by atoms with Gasteiger partial charge >= 0.3 is 0 Å². The Labute approximate surface area is 94.9 Å². The maximum Gasteiger partial charge on any atom is 0.236 e. The summed E-state index contributed by atoms with van der Waals surface area (Å²) in [5.41, 5.74) is 5.24. The molecule has 0 saturated carbocycles. The third-order valence-corrected chi connectivity index (χ3v) is 2.32. The Morgan fingerprint density at radius 2 is 2.31 bits per heavy atom. The first-order valence-electron chi connectivity index (χ1n) is 5.15. The van der Waals surface area contributed by atoms with Gasteiger partial charge in [-0.3, -0.25) is 10.1 Å². The van der Waals surface area contributed by atoms with Crippen LogP contribution in [0.25, 0.3) is 0 Å². The first-order valence-corrected chi connectivity index (χ1v) is 5.15. The number of primary amides is 1. The van der Waals surface area contributed by atoms with Gasteiger partial charge in [0.15, 0.2) is 0 Å². The quantitative estimate of drug-likeness (QED) is 0.750. The Kier molecular flexibility index (Phi) is 4.52. The van der Waals surface area contributed by atoms with Crippen LogP contribution in [0.15, 0.2) is 16.5 Å². The van der Waals surface area contributed by atoms with Crippen molar-refractivity contribution in [1.29, 1.82) is 0 Å². The molecule has 1 amide bonds. The summed E-state index contributed by atoms with van der Waals surface area (Å²) in [4.78, 5) is 11.1. The number of carbonyl (C=O) groups excluding carboxylic acids is 1. The maximum absolute atomic E-state index is 11.1. The highest BCUT2D eigenvalue weighted by atomic mass is 16.5.